The van der Waals surface area contributed by atoms with Gasteiger partial charge in [-0.1, -0.05) is 35.5 Å². The number of hydrogen-bond acceptors (Lipinski definition) is 4. The third-order valence-electron chi connectivity index (χ3n) is 3.59. The molecule has 1 saturated carbocycles. The molecule has 0 spiro atoms. The molecule has 1 fully saturated rings. The number of rotatable bonds is 5. The second kappa shape index (κ2) is 5.05. The largest absolute Gasteiger partial charge is 0.481 e. The first-order valence-electron chi connectivity index (χ1n) is 6.51. The second-order valence-corrected chi connectivity index (χ2v) is 5.08. The lowest BCUT2D eigenvalue weighted by atomic mass is 10.1. The molecule has 0 amide bonds. The van der Waals surface area contributed by atoms with Crippen molar-refractivity contribution in [2.24, 2.45) is 5.92 Å². The summed E-state index contributed by atoms with van der Waals surface area (Å²) in [5.41, 5.74) is 1.51. The van der Waals surface area contributed by atoms with Crippen LogP contribution in [0.5, 0.6) is 0 Å². The Kier molecular flexibility index (Phi) is 3.23. The summed E-state index contributed by atoms with van der Waals surface area (Å²) in [6.45, 7) is 0.307. The summed E-state index contributed by atoms with van der Waals surface area (Å²) in [4.78, 5) is 10.8. The van der Waals surface area contributed by atoms with Crippen molar-refractivity contribution < 1.29 is 15.0 Å². The predicted molar refractivity (Wildman–Crippen MR) is 69.9 cm³/mol. The minimum atomic E-state index is -0.783. The van der Waals surface area contributed by atoms with Gasteiger partial charge in [0.2, 0.25) is 0 Å². The minimum absolute atomic E-state index is 0.0323. The highest BCUT2D eigenvalue weighted by atomic mass is 16.4. The number of carboxylic acid groups (broad SMARTS) is 1. The molecule has 0 saturated heterocycles. The minimum Gasteiger partial charge on any atom is -0.481 e. The summed E-state index contributed by atoms with van der Waals surface area (Å²) >= 11 is 0. The Morgan fingerprint density at radius 3 is 2.80 bits per heavy atom. The van der Waals surface area contributed by atoms with Gasteiger partial charge in [0.1, 0.15) is 0 Å². The van der Waals surface area contributed by atoms with Crippen LogP contribution in [0.1, 0.15) is 29.7 Å². The summed E-state index contributed by atoms with van der Waals surface area (Å²) in [7, 11) is 0. The van der Waals surface area contributed by atoms with Gasteiger partial charge in [-0.3, -0.25) is 4.79 Å². The van der Waals surface area contributed by atoms with Crippen LogP contribution in [0.3, 0.4) is 0 Å². The van der Waals surface area contributed by atoms with Crippen LogP contribution < -0.4 is 0 Å². The van der Waals surface area contributed by atoms with E-state index >= 15 is 0 Å². The third kappa shape index (κ3) is 2.55. The van der Waals surface area contributed by atoms with Crippen molar-refractivity contribution in [3.05, 3.63) is 47.8 Å². The van der Waals surface area contributed by atoms with E-state index in [1.165, 1.54) is 0 Å². The van der Waals surface area contributed by atoms with Crippen molar-refractivity contribution in [1.29, 1.82) is 0 Å². The van der Waals surface area contributed by atoms with Crippen LogP contribution in [0.4, 0.5) is 0 Å². The maximum Gasteiger partial charge on any atom is 0.307 e. The van der Waals surface area contributed by atoms with Crippen LogP contribution in [0.25, 0.3) is 0 Å². The lowest BCUT2D eigenvalue weighted by Crippen LogP contribution is -2.09. The molecule has 104 valence electrons. The van der Waals surface area contributed by atoms with E-state index in [4.69, 9.17) is 5.11 Å². The highest BCUT2D eigenvalue weighted by molar-refractivity contribution is 5.74. The van der Waals surface area contributed by atoms with Gasteiger partial charge in [0.25, 0.3) is 0 Å². The molecule has 1 unspecified atom stereocenters. The Balaban J connectivity index is 1.65. The van der Waals surface area contributed by atoms with Gasteiger partial charge in [-0.05, 0) is 12.0 Å². The Labute approximate surface area is 115 Å². The molecule has 1 aromatic carbocycles. The molecule has 6 nitrogen and oxygen atoms in total. The molecule has 3 rings (SSSR count). The van der Waals surface area contributed by atoms with E-state index in [1.54, 1.807) is 10.9 Å². The smallest absolute Gasteiger partial charge is 0.307 e. The van der Waals surface area contributed by atoms with Crippen LogP contribution in [0, 0.1) is 5.92 Å². The van der Waals surface area contributed by atoms with E-state index < -0.39 is 12.1 Å². The number of benzene rings is 1. The summed E-state index contributed by atoms with van der Waals surface area (Å²) < 4.78 is 1.56. The van der Waals surface area contributed by atoms with Gasteiger partial charge in [0.05, 0.1) is 24.3 Å². The summed E-state index contributed by atoms with van der Waals surface area (Å²) in [5, 5.41) is 26.9. The molecule has 0 bridgehead atoms. The van der Waals surface area contributed by atoms with E-state index in [0.29, 0.717) is 18.7 Å². The molecule has 6 heteroatoms. The monoisotopic (exact) mass is 273 g/mol. The zero-order valence-corrected chi connectivity index (χ0v) is 10.8. The molecule has 0 aliphatic heterocycles. The zero-order chi connectivity index (χ0) is 14.1. The van der Waals surface area contributed by atoms with E-state index in [9.17, 15) is 9.90 Å². The predicted octanol–water partition coefficient (Wildman–Crippen LogP) is 1.20. The number of aliphatic carboxylic acids is 1. The fourth-order valence-electron chi connectivity index (χ4n) is 2.33. The van der Waals surface area contributed by atoms with Crippen molar-refractivity contribution >= 4 is 5.97 Å². The molecule has 1 heterocycles. The fraction of sp³-hybridized carbons (Fsp3) is 0.357. The van der Waals surface area contributed by atoms with Crippen LogP contribution in [0.15, 0.2) is 36.5 Å². The number of aliphatic hydroxyl groups is 1. The molecule has 20 heavy (non-hydrogen) atoms. The number of hydrogen-bond donors (Lipinski definition) is 2. The Morgan fingerprint density at radius 1 is 1.40 bits per heavy atom. The normalized spacial score (nSPS) is 22.4. The second-order valence-electron chi connectivity index (χ2n) is 5.08. The lowest BCUT2D eigenvalue weighted by Gasteiger charge is -2.09. The number of nitrogens with zero attached hydrogens (tertiary/aromatic N) is 3. The summed E-state index contributed by atoms with van der Waals surface area (Å²) in [6.07, 6.45) is 1.69. The van der Waals surface area contributed by atoms with Crippen molar-refractivity contribution in [2.75, 3.05) is 0 Å². The molecule has 1 aliphatic carbocycles. The Morgan fingerprint density at radius 2 is 2.15 bits per heavy atom. The van der Waals surface area contributed by atoms with Gasteiger partial charge < -0.3 is 10.2 Å². The first-order chi connectivity index (χ1) is 9.65. The molecule has 0 radical (unpaired) electrons. The highest BCUT2D eigenvalue weighted by Gasteiger charge is 2.46. The van der Waals surface area contributed by atoms with Crippen molar-refractivity contribution in [3.63, 3.8) is 0 Å². The number of carboxylic acids is 1. The van der Waals surface area contributed by atoms with Crippen molar-refractivity contribution in [1.82, 2.24) is 15.0 Å². The van der Waals surface area contributed by atoms with Crippen LogP contribution in [-0.4, -0.2) is 31.2 Å². The van der Waals surface area contributed by atoms with Crippen LogP contribution in [0.2, 0.25) is 0 Å². The average molecular weight is 273 g/mol. The van der Waals surface area contributed by atoms with Crippen LogP contribution >= 0.6 is 0 Å². The number of carbonyl (C=O) groups is 1. The maximum absolute atomic E-state index is 10.8. The maximum atomic E-state index is 10.8. The van der Waals surface area contributed by atoms with E-state index in [1.807, 2.05) is 30.3 Å². The highest BCUT2D eigenvalue weighted by Crippen LogP contribution is 2.46. The summed E-state index contributed by atoms with van der Waals surface area (Å²) in [6, 6.07) is 9.33. The first-order valence-corrected chi connectivity index (χ1v) is 6.51. The molecular weight excluding hydrogens is 258 g/mol. The van der Waals surface area contributed by atoms with E-state index in [2.05, 4.69) is 10.3 Å². The quantitative estimate of drug-likeness (QED) is 0.854. The third-order valence-corrected chi connectivity index (χ3v) is 3.59. The van der Waals surface area contributed by atoms with Gasteiger partial charge >= 0.3 is 5.97 Å². The molecule has 2 aromatic rings. The van der Waals surface area contributed by atoms with Crippen LogP contribution in [-0.2, 0) is 11.3 Å². The molecular formula is C14H15N3O3. The molecule has 3 atom stereocenters. The van der Waals surface area contributed by atoms with Crippen molar-refractivity contribution in [3.8, 4) is 0 Å². The SMILES string of the molecule is O=C(O)[C@H]1C[C@H]1c1cn(CC(O)c2ccccc2)nn1. The molecule has 2 N–H and O–H groups in total. The van der Waals surface area contributed by atoms with E-state index in [-0.39, 0.29) is 11.8 Å². The zero-order valence-electron chi connectivity index (χ0n) is 10.8. The topological polar surface area (TPSA) is 88.2 Å². The standard InChI is InChI=1S/C14H15N3O3/c18-13(9-4-2-1-3-5-9)8-17-7-12(15-16-17)10-6-11(10)14(19)20/h1-5,7,10-11,13,18H,6,8H2,(H,19,20)/t10-,11+,13?/m1/s1. The van der Waals surface area contributed by atoms with Gasteiger partial charge in [0, 0.05) is 12.1 Å². The molecule has 1 aromatic heterocycles. The average Bonchev–Trinajstić information content (AvgIpc) is 3.14. The summed E-state index contributed by atoms with van der Waals surface area (Å²) in [5.74, 6) is -1.15. The molecule has 1 aliphatic rings. The Hall–Kier alpha value is -2.21. The van der Waals surface area contributed by atoms with E-state index in [0.717, 1.165) is 5.56 Å². The van der Waals surface area contributed by atoms with Gasteiger partial charge in [-0.2, -0.15) is 0 Å². The Bertz CT molecular complexity index is 611. The number of aliphatic hydroxyl groups excluding tert-OH is 1. The van der Waals surface area contributed by atoms with Gasteiger partial charge in [-0.15, -0.1) is 5.10 Å². The van der Waals surface area contributed by atoms with Gasteiger partial charge in [-0.25, -0.2) is 4.68 Å². The number of aromatic nitrogens is 3. The van der Waals surface area contributed by atoms with Crippen molar-refractivity contribution in [2.45, 2.75) is 25.0 Å². The fourth-order valence-corrected chi connectivity index (χ4v) is 2.33. The van der Waals surface area contributed by atoms with Gasteiger partial charge in [0.15, 0.2) is 0 Å². The first kappa shape index (κ1) is 12.8. The lowest BCUT2D eigenvalue weighted by molar-refractivity contribution is -0.138.